The molecule has 3 heteroatoms. The van der Waals surface area contributed by atoms with Crippen molar-refractivity contribution in [2.75, 3.05) is 13.7 Å². The summed E-state index contributed by atoms with van der Waals surface area (Å²) in [6.45, 7) is 10.5. The van der Waals surface area contributed by atoms with Crippen LogP contribution in [-0.2, 0) is 14.3 Å². The standard InChI is InChI=1S/C18H32O3/c1-7-21-17(19)16(3)13-9-8-11-15(2)12-10-14-18(4,5)20-6/h8-9,13,15H,7,10-12,14H2,1-6H3. The number of methoxy groups -OCH3 is 1. The second-order valence-electron chi connectivity index (χ2n) is 6.20. The van der Waals surface area contributed by atoms with Crippen LogP contribution < -0.4 is 0 Å². The fraction of sp³-hybridized carbons (Fsp3) is 0.722. The van der Waals surface area contributed by atoms with Crippen LogP contribution in [0.1, 0.15) is 60.3 Å². The van der Waals surface area contributed by atoms with E-state index >= 15 is 0 Å². The molecule has 0 aromatic carbocycles. The van der Waals surface area contributed by atoms with E-state index in [1.165, 1.54) is 12.8 Å². The van der Waals surface area contributed by atoms with Crippen LogP contribution in [0.25, 0.3) is 0 Å². The molecule has 0 saturated carbocycles. The van der Waals surface area contributed by atoms with Crippen LogP contribution in [0.3, 0.4) is 0 Å². The first kappa shape index (κ1) is 19.9. The van der Waals surface area contributed by atoms with E-state index in [0.29, 0.717) is 18.1 Å². The average molecular weight is 296 g/mol. The largest absolute Gasteiger partial charge is 0.463 e. The van der Waals surface area contributed by atoms with E-state index in [1.54, 1.807) is 14.0 Å². The van der Waals surface area contributed by atoms with Gasteiger partial charge in [-0.2, -0.15) is 0 Å². The van der Waals surface area contributed by atoms with Gasteiger partial charge in [-0.1, -0.05) is 38.0 Å². The number of carbonyl (C=O) groups is 1. The van der Waals surface area contributed by atoms with Crippen molar-refractivity contribution in [3.63, 3.8) is 0 Å². The highest BCUT2D eigenvalue weighted by Crippen LogP contribution is 2.20. The molecule has 0 rings (SSSR count). The van der Waals surface area contributed by atoms with Crippen molar-refractivity contribution in [1.82, 2.24) is 0 Å². The Morgan fingerprint density at radius 2 is 2.00 bits per heavy atom. The first-order valence-corrected chi connectivity index (χ1v) is 7.88. The summed E-state index contributed by atoms with van der Waals surface area (Å²) in [7, 11) is 1.77. The molecule has 0 aromatic rings. The first-order valence-electron chi connectivity index (χ1n) is 7.88. The van der Waals surface area contributed by atoms with E-state index in [1.807, 2.05) is 19.1 Å². The minimum atomic E-state index is -0.239. The monoisotopic (exact) mass is 296 g/mol. The Bertz CT molecular complexity index is 353. The van der Waals surface area contributed by atoms with E-state index in [2.05, 4.69) is 26.8 Å². The maximum Gasteiger partial charge on any atom is 0.333 e. The van der Waals surface area contributed by atoms with Gasteiger partial charge in [0.15, 0.2) is 0 Å². The minimum Gasteiger partial charge on any atom is -0.463 e. The highest BCUT2D eigenvalue weighted by Gasteiger charge is 2.15. The van der Waals surface area contributed by atoms with E-state index < -0.39 is 0 Å². The summed E-state index contributed by atoms with van der Waals surface area (Å²) >= 11 is 0. The molecule has 0 amide bonds. The van der Waals surface area contributed by atoms with Crippen molar-refractivity contribution in [3.05, 3.63) is 23.8 Å². The van der Waals surface area contributed by atoms with E-state index in [-0.39, 0.29) is 11.6 Å². The fourth-order valence-corrected chi connectivity index (χ4v) is 1.93. The molecule has 3 nitrogen and oxygen atoms in total. The summed E-state index contributed by atoms with van der Waals surface area (Å²) in [5.74, 6) is 0.405. The number of hydrogen-bond acceptors (Lipinski definition) is 3. The zero-order valence-electron chi connectivity index (χ0n) is 14.6. The molecule has 1 unspecified atom stereocenters. The highest BCUT2D eigenvalue weighted by molar-refractivity contribution is 5.88. The van der Waals surface area contributed by atoms with Crippen LogP contribution in [0.2, 0.25) is 0 Å². The summed E-state index contributed by atoms with van der Waals surface area (Å²) in [5, 5.41) is 0. The van der Waals surface area contributed by atoms with Crippen LogP contribution in [0.4, 0.5) is 0 Å². The van der Waals surface area contributed by atoms with Gasteiger partial charge < -0.3 is 9.47 Å². The van der Waals surface area contributed by atoms with Gasteiger partial charge in [-0.05, 0) is 46.5 Å². The molecule has 0 fully saturated rings. The lowest BCUT2D eigenvalue weighted by molar-refractivity contribution is -0.138. The third-order valence-electron chi connectivity index (χ3n) is 3.65. The Morgan fingerprint density at radius 1 is 1.33 bits per heavy atom. The molecular formula is C18H32O3. The lowest BCUT2D eigenvalue weighted by Gasteiger charge is -2.23. The topological polar surface area (TPSA) is 35.5 Å². The fourth-order valence-electron chi connectivity index (χ4n) is 1.93. The Morgan fingerprint density at radius 3 is 2.57 bits per heavy atom. The van der Waals surface area contributed by atoms with Gasteiger partial charge in [-0.3, -0.25) is 0 Å². The van der Waals surface area contributed by atoms with Crippen molar-refractivity contribution < 1.29 is 14.3 Å². The van der Waals surface area contributed by atoms with Crippen molar-refractivity contribution in [1.29, 1.82) is 0 Å². The molecule has 0 aromatic heterocycles. The molecule has 0 aliphatic carbocycles. The predicted octanol–water partition coefficient (Wildman–Crippen LogP) is 4.67. The second-order valence-corrected chi connectivity index (χ2v) is 6.20. The van der Waals surface area contributed by atoms with Gasteiger partial charge in [-0.15, -0.1) is 0 Å². The summed E-state index contributed by atoms with van der Waals surface area (Å²) in [4.78, 5) is 11.4. The molecule has 0 aliphatic rings. The van der Waals surface area contributed by atoms with Crippen molar-refractivity contribution in [2.45, 2.75) is 65.9 Å². The third kappa shape index (κ3) is 10.3. The van der Waals surface area contributed by atoms with E-state index in [0.717, 1.165) is 12.8 Å². The van der Waals surface area contributed by atoms with Crippen molar-refractivity contribution in [3.8, 4) is 0 Å². The Balaban J connectivity index is 3.97. The number of allylic oxidation sites excluding steroid dienone is 3. The van der Waals surface area contributed by atoms with Crippen LogP contribution in [0.15, 0.2) is 23.8 Å². The molecule has 0 N–H and O–H groups in total. The molecule has 0 spiro atoms. The number of hydrogen-bond donors (Lipinski definition) is 0. The van der Waals surface area contributed by atoms with Crippen molar-refractivity contribution >= 4 is 5.97 Å². The molecular weight excluding hydrogens is 264 g/mol. The normalized spacial score (nSPS) is 14.5. The van der Waals surface area contributed by atoms with E-state index in [9.17, 15) is 4.79 Å². The van der Waals surface area contributed by atoms with Gasteiger partial charge in [0.25, 0.3) is 0 Å². The molecule has 0 radical (unpaired) electrons. The summed E-state index contributed by atoms with van der Waals surface area (Å²) < 4.78 is 10.3. The maximum atomic E-state index is 11.4. The van der Waals surface area contributed by atoms with Gasteiger partial charge >= 0.3 is 5.97 Å². The number of carbonyl (C=O) groups excluding carboxylic acids is 1. The van der Waals surface area contributed by atoms with Crippen molar-refractivity contribution in [2.24, 2.45) is 5.92 Å². The lowest BCUT2D eigenvalue weighted by atomic mass is 9.95. The Kier molecular flexibility index (Phi) is 10.1. The van der Waals surface area contributed by atoms with E-state index in [4.69, 9.17) is 9.47 Å². The molecule has 0 heterocycles. The summed E-state index contributed by atoms with van der Waals surface area (Å²) in [6, 6.07) is 0. The molecule has 122 valence electrons. The van der Waals surface area contributed by atoms with Crippen LogP contribution in [-0.4, -0.2) is 25.3 Å². The minimum absolute atomic E-state index is 0.0188. The predicted molar refractivity (Wildman–Crippen MR) is 88.3 cm³/mol. The van der Waals surface area contributed by atoms with Gasteiger partial charge in [0, 0.05) is 12.7 Å². The zero-order chi connectivity index (χ0) is 16.3. The number of esters is 1. The average Bonchev–Trinajstić information content (AvgIpc) is 2.43. The van der Waals surface area contributed by atoms with Crippen LogP contribution >= 0.6 is 0 Å². The number of rotatable bonds is 10. The summed E-state index contributed by atoms with van der Waals surface area (Å²) in [6.07, 6.45) is 10.4. The molecule has 0 saturated heterocycles. The molecule has 0 aliphatic heterocycles. The maximum absolute atomic E-state index is 11.4. The highest BCUT2D eigenvalue weighted by atomic mass is 16.5. The van der Waals surface area contributed by atoms with Gasteiger partial charge in [0.05, 0.1) is 12.2 Å². The van der Waals surface area contributed by atoms with Crippen LogP contribution in [0, 0.1) is 5.92 Å². The lowest BCUT2D eigenvalue weighted by Crippen LogP contribution is -2.22. The van der Waals surface area contributed by atoms with Crippen LogP contribution in [0.5, 0.6) is 0 Å². The third-order valence-corrected chi connectivity index (χ3v) is 3.65. The molecule has 21 heavy (non-hydrogen) atoms. The van der Waals surface area contributed by atoms with Gasteiger partial charge in [0.2, 0.25) is 0 Å². The first-order chi connectivity index (χ1) is 9.82. The summed E-state index contributed by atoms with van der Waals surface area (Å²) in [5.41, 5.74) is 0.622. The quantitative estimate of drug-likeness (QED) is 0.334. The van der Waals surface area contributed by atoms with Gasteiger partial charge in [-0.25, -0.2) is 4.79 Å². The molecule has 0 bridgehead atoms. The Labute approximate surface area is 130 Å². The number of ether oxygens (including phenoxy) is 2. The zero-order valence-corrected chi connectivity index (χ0v) is 14.6. The smallest absolute Gasteiger partial charge is 0.333 e. The second kappa shape index (κ2) is 10.6. The Hall–Kier alpha value is -1.09. The SMILES string of the molecule is CCOC(=O)C(C)=CC=CCC(C)CCCC(C)(C)OC. The van der Waals surface area contributed by atoms with Gasteiger partial charge in [0.1, 0.15) is 0 Å². The molecule has 1 atom stereocenters.